The van der Waals surface area contributed by atoms with Gasteiger partial charge in [0.15, 0.2) is 17.5 Å². The number of hydrogen-bond donors (Lipinski definition) is 2. The van der Waals surface area contributed by atoms with E-state index in [9.17, 15) is 0 Å². The molecule has 7 nitrogen and oxygen atoms in total. The summed E-state index contributed by atoms with van der Waals surface area (Å²) in [5, 5.41) is 6.57. The number of nitrogens with one attached hydrogen (secondary N) is 2. The van der Waals surface area contributed by atoms with Crippen LogP contribution in [-0.2, 0) is 6.54 Å². The van der Waals surface area contributed by atoms with Gasteiger partial charge in [0.25, 0.3) is 0 Å². The summed E-state index contributed by atoms with van der Waals surface area (Å²) in [5.41, 5.74) is 0. The Balaban J connectivity index is 1.68. The van der Waals surface area contributed by atoms with E-state index in [1.165, 1.54) is 0 Å². The maximum absolute atomic E-state index is 5.93. The maximum Gasteiger partial charge on any atom is 0.191 e. The quantitative estimate of drug-likeness (QED) is 0.413. The molecule has 2 aromatic rings. The Hall–Kier alpha value is -2.70. The third-order valence-corrected chi connectivity index (χ3v) is 3.62. The normalized spacial score (nSPS) is 12.5. The average molecular weight is 345 g/mol. The number of aliphatic imine (C=N–C) groups is 1. The Kier molecular flexibility index (Phi) is 7.62. The predicted octanol–water partition coefficient (Wildman–Crippen LogP) is 1.91. The Labute approximate surface area is 149 Å². The molecule has 1 unspecified atom stereocenters. The largest absolute Gasteiger partial charge is 0.493 e. The van der Waals surface area contributed by atoms with Crippen LogP contribution in [0.1, 0.15) is 13.3 Å². The summed E-state index contributed by atoms with van der Waals surface area (Å²) in [5.74, 6) is 2.24. The smallest absolute Gasteiger partial charge is 0.191 e. The lowest BCUT2D eigenvalue weighted by atomic mass is 10.3. The van der Waals surface area contributed by atoms with Crippen molar-refractivity contribution in [2.75, 3.05) is 27.2 Å². The van der Waals surface area contributed by atoms with Gasteiger partial charge in [-0.2, -0.15) is 0 Å². The molecule has 2 N–H and O–H groups in total. The van der Waals surface area contributed by atoms with Crippen LogP contribution in [0.2, 0.25) is 0 Å². The fourth-order valence-corrected chi connectivity index (χ4v) is 2.32. The van der Waals surface area contributed by atoms with Gasteiger partial charge in [0.05, 0.1) is 20.0 Å². The zero-order valence-corrected chi connectivity index (χ0v) is 15.1. The summed E-state index contributed by atoms with van der Waals surface area (Å²) < 4.78 is 13.3. The molecule has 0 spiro atoms. The summed E-state index contributed by atoms with van der Waals surface area (Å²) in [4.78, 5) is 8.26. The van der Waals surface area contributed by atoms with Crippen LogP contribution in [0.15, 0.2) is 48.0 Å². The number of guanidine groups is 1. The van der Waals surface area contributed by atoms with E-state index in [2.05, 4.69) is 25.2 Å². The average Bonchev–Trinajstić information content (AvgIpc) is 3.15. The summed E-state index contributed by atoms with van der Waals surface area (Å²) in [6.07, 6.45) is 6.54. The van der Waals surface area contributed by atoms with Crippen molar-refractivity contribution >= 4 is 5.96 Å². The third-order valence-electron chi connectivity index (χ3n) is 3.62. The Morgan fingerprint density at radius 1 is 1.28 bits per heavy atom. The minimum absolute atomic E-state index is 0.0270. The standard InChI is InChI=1S/C18H27N5O2/c1-15(25-17-8-5-4-7-16(17)24-3)13-22-18(19-2)21-9-6-11-23-12-10-20-14-23/h4-5,7-8,10,12,14-15H,6,9,11,13H2,1-3H3,(H2,19,21,22). The lowest BCUT2D eigenvalue weighted by molar-refractivity contribution is 0.213. The van der Waals surface area contributed by atoms with E-state index in [-0.39, 0.29) is 6.10 Å². The highest BCUT2D eigenvalue weighted by Gasteiger charge is 2.09. The van der Waals surface area contributed by atoms with E-state index in [1.807, 2.05) is 43.7 Å². The Morgan fingerprint density at radius 2 is 2.08 bits per heavy atom. The molecule has 1 atom stereocenters. The van der Waals surface area contributed by atoms with Gasteiger partial charge in [0.2, 0.25) is 0 Å². The molecule has 0 aliphatic rings. The first-order valence-corrected chi connectivity index (χ1v) is 8.43. The van der Waals surface area contributed by atoms with Crippen molar-refractivity contribution in [2.45, 2.75) is 26.0 Å². The lowest BCUT2D eigenvalue weighted by Gasteiger charge is -2.19. The molecule has 1 heterocycles. The molecule has 7 heteroatoms. The van der Waals surface area contributed by atoms with Crippen LogP contribution in [0.5, 0.6) is 11.5 Å². The zero-order valence-electron chi connectivity index (χ0n) is 15.1. The molecule has 0 aliphatic carbocycles. The number of methoxy groups -OCH3 is 1. The van der Waals surface area contributed by atoms with Gasteiger partial charge >= 0.3 is 0 Å². The number of rotatable bonds is 9. The topological polar surface area (TPSA) is 72.7 Å². The predicted molar refractivity (Wildman–Crippen MR) is 99.3 cm³/mol. The first-order valence-electron chi connectivity index (χ1n) is 8.43. The number of benzene rings is 1. The number of hydrogen-bond acceptors (Lipinski definition) is 4. The molecule has 1 aromatic carbocycles. The molecule has 0 amide bonds. The molecule has 2 rings (SSSR count). The number of para-hydroxylation sites is 2. The van der Waals surface area contributed by atoms with Crippen molar-refractivity contribution in [3.63, 3.8) is 0 Å². The van der Waals surface area contributed by atoms with E-state index in [0.29, 0.717) is 6.54 Å². The second-order valence-corrected chi connectivity index (χ2v) is 5.61. The minimum atomic E-state index is -0.0270. The highest BCUT2D eigenvalue weighted by atomic mass is 16.5. The van der Waals surface area contributed by atoms with Gasteiger partial charge in [-0.15, -0.1) is 0 Å². The first kappa shape index (κ1) is 18.6. The Bertz CT molecular complexity index is 643. The number of ether oxygens (including phenoxy) is 2. The monoisotopic (exact) mass is 345 g/mol. The van der Waals surface area contributed by atoms with Crippen molar-refractivity contribution in [1.29, 1.82) is 0 Å². The molecule has 1 aromatic heterocycles. The molecule has 0 saturated carbocycles. The van der Waals surface area contributed by atoms with Crippen molar-refractivity contribution < 1.29 is 9.47 Å². The number of imidazole rings is 1. The van der Waals surface area contributed by atoms with Crippen molar-refractivity contribution in [2.24, 2.45) is 4.99 Å². The summed E-state index contributed by atoms with van der Waals surface area (Å²) in [6.45, 7) is 4.40. The SMILES string of the molecule is CN=C(NCCCn1ccnc1)NCC(C)Oc1ccccc1OC. The van der Waals surface area contributed by atoms with Crippen LogP contribution in [0.3, 0.4) is 0 Å². The van der Waals surface area contributed by atoms with E-state index >= 15 is 0 Å². The molecule has 0 bridgehead atoms. The van der Waals surface area contributed by atoms with Crippen LogP contribution in [0, 0.1) is 0 Å². The Morgan fingerprint density at radius 3 is 2.76 bits per heavy atom. The zero-order chi connectivity index (χ0) is 17.9. The second-order valence-electron chi connectivity index (χ2n) is 5.61. The van der Waals surface area contributed by atoms with Crippen LogP contribution in [0.4, 0.5) is 0 Å². The highest BCUT2D eigenvalue weighted by molar-refractivity contribution is 5.79. The van der Waals surface area contributed by atoms with Gasteiger partial charge in [0.1, 0.15) is 6.10 Å². The van der Waals surface area contributed by atoms with Crippen molar-refractivity contribution in [3.8, 4) is 11.5 Å². The molecule has 0 radical (unpaired) electrons. The van der Waals surface area contributed by atoms with Crippen molar-refractivity contribution in [3.05, 3.63) is 43.0 Å². The van der Waals surface area contributed by atoms with Gasteiger partial charge < -0.3 is 24.7 Å². The van der Waals surface area contributed by atoms with Gasteiger partial charge in [0, 0.05) is 32.5 Å². The van der Waals surface area contributed by atoms with E-state index in [1.54, 1.807) is 20.4 Å². The minimum Gasteiger partial charge on any atom is -0.493 e. The van der Waals surface area contributed by atoms with Gasteiger partial charge in [-0.1, -0.05) is 12.1 Å². The first-order chi connectivity index (χ1) is 12.2. The van der Waals surface area contributed by atoms with Gasteiger partial charge in [-0.3, -0.25) is 4.99 Å². The van der Waals surface area contributed by atoms with Gasteiger partial charge in [-0.05, 0) is 25.5 Å². The molecule has 0 saturated heterocycles. The second kappa shape index (κ2) is 10.2. The van der Waals surface area contributed by atoms with E-state index < -0.39 is 0 Å². The number of aryl methyl sites for hydroxylation is 1. The molecular formula is C18H27N5O2. The van der Waals surface area contributed by atoms with Crippen molar-refractivity contribution in [1.82, 2.24) is 20.2 Å². The molecule has 25 heavy (non-hydrogen) atoms. The van der Waals surface area contributed by atoms with Crippen LogP contribution >= 0.6 is 0 Å². The van der Waals surface area contributed by atoms with Gasteiger partial charge in [-0.25, -0.2) is 4.98 Å². The molecule has 136 valence electrons. The number of nitrogens with zero attached hydrogens (tertiary/aromatic N) is 3. The van der Waals surface area contributed by atoms with Crippen LogP contribution in [-0.4, -0.2) is 48.9 Å². The summed E-state index contributed by atoms with van der Waals surface area (Å²) in [6, 6.07) is 7.64. The lowest BCUT2D eigenvalue weighted by Crippen LogP contribution is -2.42. The number of aromatic nitrogens is 2. The summed E-state index contributed by atoms with van der Waals surface area (Å²) in [7, 11) is 3.40. The van der Waals surface area contributed by atoms with E-state index in [4.69, 9.17) is 9.47 Å². The van der Waals surface area contributed by atoms with Crippen LogP contribution < -0.4 is 20.1 Å². The molecule has 0 aliphatic heterocycles. The fraction of sp³-hybridized carbons (Fsp3) is 0.444. The van der Waals surface area contributed by atoms with E-state index in [0.717, 1.165) is 37.0 Å². The highest BCUT2D eigenvalue weighted by Crippen LogP contribution is 2.26. The fourth-order valence-electron chi connectivity index (χ4n) is 2.32. The molecule has 0 fully saturated rings. The summed E-state index contributed by atoms with van der Waals surface area (Å²) >= 11 is 0. The molecular weight excluding hydrogens is 318 g/mol. The van der Waals surface area contributed by atoms with Crippen LogP contribution in [0.25, 0.3) is 0 Å². The maximum atomic E-state index is 5.93. The third kappa shape index (κ3) is 6.37.